The van der Waals surface area contributed by atoms with E-state index in [-0.39, 0.29) is 18.0 Å². The number of halogens is 1. The summed E-state index contributed by atoms with van der Waals surface area (Å²) in [5.41, 5.74) is 5.86. The topological polar surface area (TPSA) is 64.3 Å². The highest BCUT2D eigenvalue weighted by Gasteiger charge is 2.23. The third-order valence-electron chi connectivity index (χ3n) is 3.63. The first kappa shape index (κ1) is 15.3. The van der Waals surface area contributed by atoms with Gasteiger partial charge in [-0.1, -0.05) is 12.1 Å². The van der Waals surface area contributed by atoms with Gasteiger partial charge in [-0.25, -0.2) is 0 Å². The highest BCUT2D eigenvalue weighted by atomic mass is 79.9. The van der Waals surface area contributed by atoms with E-state index in [1.807, 2.05) is 24.3 Å². The molecule has 1 aromatic rings. The molecule has 1 aromatic carbocycles. The van der Waals surface area contributed by atoms with Crippen molar-refractivity contribution in [2.45, 2.75) is 50.8 Å². The number of amides is 1. The minimum Gasteiger partial charge on any atom is -0.480 e. The average Bonchev–Trinajstić information content (AvgIpc) is 2.44. The van der Waals surface area contributed by atoms with Gasteiger partial charge in [0.1, 0.15) is 5.75 Å². The summed E-state index contributed by atoms with van der Waals surface area (Å²) in [5.74, 6) is 0.613. The summed E-state index contributed by atoms with van der Waals surface area (Å²) >= 11 is 3.41. The number of benzene rings is 1. The summed E-state index contributed by atoms with van der Waals surface area (Å²) in [5, 5.41) is 3.04. The molecule has 1 aliphatic rings. The quantitative estimate of drug-likeness (QED) is 0.885. The van der Waals surface area contributed by atoms with Crippen LogP contribution in [0.5, 0.6) is 5.75 Å². The number of nitrogens with one attached hydrogen (secondary N) is 1. The number of hydrogen-bond acceptors (Lipinski definition) is 3. The van der Waals surface area contributed by atoms with E-state index in [1.54, 1.807) is 6.92 Å². The van der Waals surface area contributed by atoms with E-state index < -0.39 is 6.10 Å². The van der Waals surface area contributed by atoms with Crippen LogP contribution >= 0.6 is 15.9 Å². The van der Waals surface area contributed by atoms with Gasteiger partial charge in [-0.3, -0.25) is 4.79 Å². The van der Waals surface area contributed by atoms with Crippen molar-refractivity contribution >= 4 is 21.8 Å². The number of carbonyl (C=O) groups excluding carboxylic acids is 1. The van der Waals surface area contributed by atoms with Crippen LogP contribution in [-0.2, 0) is 4.79 Å². The molecule has 1 amide bonds. The maximum absolute atomic E-state index is 12.1. The van der Waals surface area contributed by atoms with Gasteiger partial charge in [0.15, 0.2) is 6.10 Å². The van der Waals surface area contributed by atoms with E-state index in [9.17, 15) is 4.79 Å². The zero-order chi connectivity index (χ0) is 14.5. The molecule has 0 heterocycles. The lowest BCUT2D eigenvalue weighted by atomic mass is 9.92. The van der Waals surface area contributed by atoms with Gasteiger partial charge < -0.3 is 15.8 Å². The minimum atomic E-state index is -0.510. The third-order valence-corrected chi connectivity index (χ3v) is 4.28. The first-order valence-corrected chi connectivity index (χ1v) is 7.82. The van der Waals surface area contributed by atoms with E-state index in [1.165, 1.54) is 0 Å². The van der Waals surface area contributed by atoms with Gasteiger partial charge in [0.05, 0.1) is 4.47 Å². The SMILES string of the molecule is CC(Oc1ccccc1Br)C(=O)NC1CCC(N)CC1. The zero-order valence-electron chi connectivity index (χ0n) is 11.6. The fourth-order valence-electron chi connectivity index (χ4n) is 2.37. The van der Waals surface area contributed by atoms with Crippen LogP contribution in [0.25, 0.3) is 0 Å². The Bertz CT molecular complexity index is 459. The van der Waals surface area contributed by atoms with E-state index >= 15 is 0 Å². The molecule has 3 N–H and O–H groups in total. The molecule has 0 spiro atoms. The molecule has 4 nitrogen and oxygen atoms in total. The highest BCUT2D eigenvalue weighted by molar-refractivity contribution is 9.10. The normalized spacial score (nSPS) is 23.9. The van der Waals surface area contributed by atoms with Gasteiger partial charge in [-0.15, -0.1) is 0 Å². The zero-order valence-corrected chi connectivity index (χ0v) is 13.2. The number of ether oxygens (including phenoxy) is 1. The third kappa shape index (κ3) is 4.21. The number of rotatable bonds is 4. The Morgan fingerprint density at radius 3 is 2.65 bits per heavy atom. The standard InChI is InChI=1S/C15H21BrN2O2/c1-10(20-14-5-3-2-4-13(14)16)15(19)18-12-8-6-11(17)7-9-12/h2-5,10-12H,6-9,17H2,1H3,(H,18,19). The summed E-state index contributed by atoms with van der Waals surface area (Å²) in [4.78, 5) is 12.1. The van der Waals surface area contributed by atoms with Crippen molar-refractivity contribution < 1.29 is 9.53 Å². The molecule has 1 aliphatic carbocycles. The molecule has 0 saturated heterocycles. The summed E-state index contributed by atoms with van der Waals surface area (Å²) in [6.45, 7) is 1.77. The first-order chi connectivity index (χ1) is 9.56. The molecule has 2 rings (SSSR count). The molecular weight excluding hydrogens is 320 g/mol. The summed E-state index contributed by atoms with van der Waals surface area (Å²) < 4.78 is 6.54. The van der Waals surface area contributed by atoms with Crippen LogP contribution in [-0.4, -0.2) is 24.1 Å². The van der Waals surface area contributed by atoms with Gasteiger partial charge in [0.2, 0.25) is 0 Å². The van der Waals surface area contributed by atoms with Crippen molar-refractivity contribution in [3.05, 3.63) is 28.7 Å². The molecular formula is C15H21BrN2O2. The first-order valence-electron chi connectivity index (χ1n) is 7.03. The van der Waals surface area contributed by atoms with Gasteiger partial charge in [0, 0.05) is 12.1 Å². The average molecular weight is 341 g/mol. The summed E-state index contributed by atoms with van der Waals surface area (Å²) in [7, 11) is 0. The van der Waals surface area contributed by atoms with E-state index in [0.717, 1.165) is 30.2 Å². The Balaban J connectivity index is 1.84. The van der Waals surface area contributed by atoms with Crippen molar-refractivity contribution in [3.8, 4) is 5.75 Å². The van der Waals surface area contributed by atoms with Crippen LogP contribution in [0, 0.1) is 0 Å². The van der Waals surface area contributed by atoms with Crippen molar-refractivity contribution in [1.82, 2.24) is 5.32 Å². The van der Waals surface area contributed by atoms with E-state index in [2.05, 4.69) is 21.2 Å². The lowest BCUT2D eigenvalue weighted by Gasteiger charge is -2.28. The second-order valence-corrected chi connectivity index (χ2v) is 6.17. The van der Waals surface area contributed by atoms with Crippen LogP contribution in [0.2, 0.25) is 0 Å². The van der Waals surface area contributed by atoms with Crippen LogP contribution in [0.1, 0.15) is 32.6 Å². The Morgan fingerprint density at radius 2 is 2.00 bits per heavy atom. The Morgan fingerprint density at radius 1 is 1.35 bits per heavy atom. The van der Waals surface area contributed by atoms with E-state index in [0.29, 0.717) is 5.75 Å². The van der Waals surface area contributed by atoms with Crippen LogP contribution < -0.4 is 15.8 Å². The second-order valence-electron chi connectivity index (χ2n) is 5.31. The van der Waals surface area contributed by atoms with Gasteiger partial charge in [-0.05, 0) is 60.7 Å². The number of nitrogens with two attached hydrogens (primary N) is 1. The Kier molecular flexibility index (Phi) is 5.43. The van der Waals surface area contributed by atoms with Gasteiger partial charge in [-0.2, -0.15) is 0 Å². The predicted octanol–water partition coefficient (Wildman–Crippen LogP) is 2.60. The second kappa shape index (κ2) is 7.09. The van der Waals surface area contributed by atoms with Crippen molar-refractivity contribution in [2.75, 3.05) is 0 Å². The molecule has 1 atom stereocenters. The lowest BCUT2D eigenvalue weighted by molar-refractivity contribution is -0.128. The summed E-state index contributed by atoms with van der Waals surface area (Å²) in [6, 6.07) is 8.04. The summed E-state index contributed by atoms with van der Waals surface area (Å²) in [6.07, 6.45) is 3.35. The maximum Gasteiger partial charge on any atom is 0.260 e. The van der Waals surface area contributed by atoms with Gasteiger partial charge in [0.25, 0.3) is 5.91 Å². The van der Waals surface area contributed by atoms with Crippen molar-refractivity contribution in [2.24, 2.45) is 5.73 Å². The van der Waals surface area contributed by atoms with Crippen LogP contribution in [0.15, 0.2) is 28.7 Å². The highest BCUT2D eigenvalue weighted by Crippen LogP contribution is 2.25. The molecule has 0 aliphatic heterocycles. The monoisotopic (exact) mass is 340 g/mol. The van der Waals surface area contributed by atoms with Gasteiger partial charge >= 0.3 is 0 Å². The molecule has 0 aromatic heterocycles. The van der Waals surface area contributed by atoms with E-state index in [4.69, 9.17) is 10.5 Å². The Hall–Kier alpha value is -1.07. The molecule has 110 valence electrons. The molecule has 20 heavy (non-hydrogen) atoms. The van der Waals surface area contributed by atoms with Crippen molar-refractivity contribution in [3.63, 3.8) is 0 Å². The molecule has 0 bridgehead atoms. The lowest BCUT2D eigenvalue weighted by Crippen LogP contribution is -2.45. The Labute approximate surface area is 128 Å². The smallest absolute Gasteiger partial charge is 0.260 e. The largest absolute Gasteiger partial charge is 0.480 e. The van der Waals surface area contributed by atoms with Crippen LogP contribution in [0.4, 0.5) is 0 Å². The number of hydrogen-bond donors (Lipinski definition) is 2. The number of para-hydroxylation sites is 1. The maximum atomic E-state index is 12.1. The molecule has 1 fully saturated rings. The minimum absolute atomic E-state index is 0.0683. The molecule has 0 radical (unpaired) electrons. The predicted molar refractivity (Wildman–Crippen MR) is 82.6 cm³/mol. The van der Waals surface area contributed by atoms with Crippen LogP contribution in [0.3, 0.4) is 0 Å². The molecule has 5 heteroatoms. The van der Waals surface area contributed by atoms with Crippen molar-refractivity contribution in [1.29, 1.82) is 0 Å². The number of carbonyl (C=O) groups is 1. The fraction of sp³-hybridized carbons (Fsp3) is 0.533. The molecule has 1 unspecified atom stereocenters. The fourth-order valence-corrected chi connectivity index (χ4v) is 2.74. The molecule has 1 saturated carbocycles.